The highest BCUT2D eigenvalue weighted by Crippen LogP contribution is 2.41. The fraction of sp³-hybridized carbons (Fsp3) is 0.353. The van der Waals surface area contributed by atoms with E-state index < -0.39 is 57.6 Å². The fourth-order valence-corrected chi connectivity index (χ4v) is 3.27. The first-order chi connectivity index (χ1) is 14.3. The molecule has 166 valence electrons. The van der Waals surface area contributed by atoms with Crippen LogP contribution < -0.4 is 10.6 Å². The lowest BCUT2D eigenvalue weighted by atomic mass is 10.2. The van der Waals surface area contributed by atoms with Gasteiger partial charge in [0.2, 0.25) is 5.91 Å². The van der Waals surface area contributed by atoms with Crippen LogP contribution in [0.5, 0.6) is 0 Å². The van der Waals surface area contributed by atoms with Gasteiger partial charge in [-0.3, -0.25) is 4.79 Å². The third-order valence-corrected chi connectivity index (χ3v) is 4.78. The van der Waals surface area contributed by atoms with E-state index >= 15 is 0 Å². The van der Waals surface area contributed by atoms with Gasteiger partial charge in [-0.1, -0.05) is 23.2 Å². The highest BCUT2D eigenvalue weighted by atomic mass is 35.5. The van der Waals surface area contributed by atoms with Crippen molar-refractivity contribution in [2.75, 3.05) is 17.2 Å². The summed E-state index contributed by atoms with van der Waals surface area (Å²) in [7, 11) is 0. The van der Waals surface area contributed by atoms with Gasteiger partial charge in [-0.25, -0.2) is 4.68 Å². The summed E-state index contributed by atoms with van der Waals surface area (Å²) in [5.41, 5.74) is -2.43. The number of hydrogen-bond donors (Lipinski definition) is 2. The van der Waals surface area contributed by atoms with E-state index in [1.165, 1.54) is 0 Å². The Kier molecular flexibility index (Phi) is 6.03. The van der Waals surface area contributed by atoms with E-state index in [1.54, 1.807) is 6.07 Å². The van der Waals surface area contributed by atoms with E-state index in [2.05, 4.69) is 10.4 Å². The van der Waals surface area contributed by atoms with Crippen molar-refractivity contribution < 1.29 is 31.1 Å². The number of carbonyl (C=O) groups is 1. The highest BCUT2D eigenvalue weighted by Gasteiger charge is 2.35. The van der Waals surface area contributed by atoms with Crippen LogP contribution >= 0.6 is 23.2 Å². The molecule has 6 nitrogen and oxygen atoms in total. The number of aromatic nitrogens is 2. The van der Waals surface area contributed by atoms with Crippen LogP contribution in [0, 0.1) is 17.2 Å². The number of nitrogens with one attached hydrogen (secondary N) is 2. The zero-order valence-electron chi connectivity index (χ0n) is 15.1. The van der Waals surface area contributed by atoms with Gasteiger partial charge in [0, 0.05) is 5.92 Å². The van der Waals surface area contributed by atoms with Crippen LogP contribution in [0.1, 0.15) is 24.1 Å². The number of rotatable bonds is 5. The van der Waals surface area contributed by atoms with Crippen molar-refractivity contribution in [1.82, 2.24) is 9.78 Å². The summed E-state index contributed by atoms with van der Waals surface area (Å²) < 4.78 is 78.1. The Balaban J connectivity index is 2.16. The number of halogens is 8. The Morgan fingerprint density at radius 2 is 1.77 bits per heavy atom. The fourth-order valence-electron chi connectivity index (χ4n) is 2.63. The predicted octanol–water partition coefficient (Wildman–Crippen LogP) is 5.39. The van der Waals surface area contributed by atoms with Crippen LogP contribution in [0.25, 0.3) is 5.69 Å². The van der Waals surface area contributed by atoms with Crippen LogP contribution in [-0.4, -0.2) is 28.4 Å². The third-order valence-electron chi connectivity index (χ3n) is 4.20. The first kappa shape index (κ1) is 23.0. The number of anilines is 2. The number of hydrogen-bond acceptors (Lipinski definition) is 4. The molecule has 0 spiro atoms. The summed E-state index contributed by atoms with van der Waals surface area (Å²) in [6, 6.07) is 2.67. The van der Waals surface area contributed by atoms with Gasteiger partial charge in [-0.05, 0) is 25.0 Å². The maximum atomic E-state index is 13.0. The molecule has 0 saturated heterocycles. The molecule has 1 heterocycles. The van der Waals surface area contributed by atoms with Crippen molar-refractivity contribution in [2.24, 2.45) is 5.92 Å². The Morgan fingerprint density at radius 3 is 2.23 bits per heavy atom. The largest absolute Gasteiger partial charge is 0.416 e. The first-order valence-electron chi connectivity index (χ1n) is 8.53. The molecule has 2 N–H and O–H groups in total. The molecule has 1 aromatic carbocycles. The smallest absolute Gasteiger partial charge is 0.359 e. The molecule has 0 atom stereocenters. The lowest BCUT2D eigenvalue weighted by molar-refractivity contribution is -0.137. The molecule has 0 bridgehead atoms. The van der Waals surface area contributed by atoms with Gasteiger partial charge in [0.05, 0.1) is 15.6 Å². The summed E-state index contributed by atoms with van der Waals surface area (Å²) in [6.07, 6.45) is -8.34. The Hall–Kier alpha value is -2.65. The second-order valence-electron chi connectivity index (χ2n) is 6.61. The van der Waals surface area contributed by atoms with Crippen LogP contribution in [0.2, 0.25) is 10.0 Å². The molecule has 3 rings (SSSR count). The number of carbonyl (C=O) groups excluding carboxylic acids is 1. The maximum absolute atomic E-state index is 13.0. The van der Waals surface area contributed by atoms with Crippen LogP contribution in [-0.2, 0) is 11.0 Å². The second-order valence-corrected chi connectivity index (χ2v) is 7.43. The molecule has 1 amide bonds. The number of nitriles is 1. The van der Waals surface area contributed by atoms with E-state index in [1.807, 2.05) is 5.32 Å². The minimum atomic E-state index is -4.78. The SMILES string of the molecule is N#Cc1nn(-c2c(Cl)cc(C(F)(F)F)cc2Cl)c(NCC(F)(F)F)c1NC(=O)C1CC1. The average molecular weight is 486 g/mol. The Bertz CT molecular complexity index is 1050. The van der Waals surface area contributed by atoms with Crippen molar-refractivity contribution >= 4 is 40.6 Å². The van der Waals surface area contributed by atoms with Crippen molar-refractivity contribution in [3.8, 4) is 11.8 Å². The predicted molar refractivity (Wildman–Crippen MR) is 99.2 cm³/mol. The molecular formula is C17H11Cl2F6N5O. The second kappa shape index (κ2) is 8.12. The monoisotopic (exact) mass is 485 g/mol. The van der Waals surface area contributed by atoms with Crippen LogP contribution in [0.15, 0.2) is 12.1 Å². The van der Waals surface area contributed by atoms with Gasteiger partial charge < -0.3 is 10.6 Å². The summed E-state index contributed by atoms with van der Waals surface area (Å²) in [5, 5.41) is 16.4. The molecule has 2 aromatic rings. The summed E-state index contributed by atoms with van der Waals surface area (Å²) >= 11 is 11.9. The minimum Gasteiger partial charge on any atom is -0.359 e. The standard InChI is InChI=1S/C17H11Cl2F6N5O/c18-9-3-8(17(23,24)25)4-10(19)13(9)30-14(27-6-16(20,21)22)12(11(5-26)29-30)28-15(31)7-1-2-7/h3-4,7,27H,1-2,6H2,(H,28,31). The normalized spacial score (nSPS) is 14.3. The van der Waals surface area contributed by atoms with E-state index in [0.717, 1.165) is 0 Å². The molecule has 0 aliphatic heterocycles. The van der Waals surface area contributed by atoms with E-state index in [4.69, 9.17) is 23.2 Å². The van der Waals surface area contributed by atoms with E-state index in [0.29, 0.717) is 29.7 Å². The molecule has 31 heavy (non-hydrogen) atoms. The number of alkyl halides is 6. The van der Waals surface area contributed by atoms with Crippen molar-refractivity contribution in [1.29, 1.82) is 5.26 Å². The number of nitrogens with zero attached hydrogens (tertiary/aromatic N) is 3. The number of benzene rings is 1. The maximum Gasteiger partial charge on any atom is 0.416 e. The quantitative estimate of drug-likeness (QED) is 0.556. The summed E-state index contributed by atoms with van der Waals surface area (Å²) in [5.74, 6) is -1.40. The lowest BCUT2D eigenvalue weighted by Gasteiger charge is -2.17. The summed E-state index contributed by atoms with van der Waals surface area (Å²) in [6.45, 7) is -1.59. The topological polar surface area (TPSA) is 82.7 Å². The molecule has 14 heteroatoms. The van der Waals surface area contributed by atoms with Gasteiger partial charge in [-0.15, -0.1) is 0 Å². The molecule has 1 fully saturated rings. The van der Waals surface area contributed by atoms with Gasteiger partial charge >= 0.3 is 12.4 Å². The molecule has 1 saturated carbocycles. The third kappa shape index (κ3) is 5.16. The Labute approximate surface area is 180 Å². The van der Waals surface area contributed by atoms with Crippen LogP contribution in [0.4, 0.5) is 37.8 Å². The van der Waals surface area contributed by atoms with Crippen LogP contribution in [0.3, 0.4) is 0 Å². The summed E-state index contributed by atoms with van der Waals surface area (Å²) in [4.78, 5) is 12.1. The van der Waals surface area contributed by atoms with Crippen molar-refractivity contribution in [3.05, 3.63) is 33.4 Å². The van der Waals surface area contributed by atoms with Gasteiger partial charge in [0.15, 0.2) is 11.5 Å². The molecule has 0 radical (unpaired) electrons. The molecule has 1 aliphatic carbocycles. The zero-order valence-corrected chi connectivity index (χ0v) is 16.6. The van der Waals surface area contributed by atoms with Crippen molar-refractivity contribution in [2.45, 2.75) is 25.2 Å². The van der Waals surface area contributed by atoms with E-state index in [-0.39, 0.29) is 11.6 Å². The van der Waals surface area contributed by atoms with E-state index in [9.17, 15) is 36.4 Å². The van der Waals surface area contributed by atoms with Gasteiger partial charge in [0.25, 0.3) is 0 Å². The zero-order chi connectivity index (χ0) is 23.1. The molecule has 1 aromatic heterocycles. The number of amides is 1. The highest BCUT2D eigenvalue weighted by molar-refractivity contribution is 6.38. The first-order valence-corrected chi connectivity index (χ1v) is 9.28. The molecule has 1 aliphatic rings. The average Bonchev–Trinajstić information content (AvgIpc) is 3.42. The minimum absolute atomic E-state index is 0.358. The lowest BCUT2D eigenvalue weighted by Crippen LogP contribution is -2.24. The van der Waals surface area contributed by atoms with Gasteiger partial charge in [0.1, 0.15) is 24.0 Å². The van der Waals surface area contributed by atoms with Crippen molar-refractivity contribution in [3.63, 3.8) is 0 Å². The van der Waals surface area contributed by atoms with Gasteiger partial charge in [-0.2, -0.15) is 36.7 Å². The Morgan fingerprint density at radius 1 is 1.19 bits per heavy atom. The molecular weight excluding hydrogens is 475 g/mol. The molecule has 0 unspecified atom stereocenters.